The van der Waals surface area contributed by atoms with Crippen LogP contribution in [0.25, 0.3) is 27.7 Å². The Kier molecular flexibility index (Phi) is 8.81. The Morgan fingerprint density at radius 3 is 2.73 bits per heavy atom. The van der Waals surface area contributed by atoms with Crippen molar-refractivity contribution in [2.75, 3.05) is 20.3 Å². The topological polar surface area (TPSA) is 112 Å². The number of fused-ring (bicyclic) bond motifs is 1. The molecule has 1 amide bonds. The van der Waals surface area contributed by atoms with E-state index in [2.05, 4.69) is 10.2 Å². The van der Waals surface area contributed by atoms with Gasteiger partial charge in [-0.05, 0) is 60.4 Å². The van der Waals surface area contributed by atoms with Crippen LogP contribution in [0.2, 0.25) is 5.02 Å². The summed E-state index contributed by atoms with van der Waals surface area (Å²) in [6.07, 6.45) is 6.21. The summed E-state index contributed by atoms with van der Waals surface area (Å²) in [5, 5.41) is 19.2. The number of halogens is 2. The van der Waals surface area contributed by atoms with Gasteiger partial charge in [-0.3, -0.25) is 9.48 Å². The summed E-state index contributed by atoms with van der Waals surface area (Å²) in [6.45, 7) is 1.03. The van der Waals surface area contributed by atoms with Crippen LogP contribution in [-0.4, -0.2) is 73.9 Å². The average Bonchev–Trinajstić information content (AvgIpc) is 3.79. The number of ether oxygens (including phenoxy) is 2. The summed E-state index contributed by atoms with van der Waals surface area (Å²) in [5.41, 5.74) is 3.46. The van der Waals surface area contributed by atoms with Crippen molar-refractivity contribution in [3.63, 3.8) is 0 Å². The highest BCUT2D eigenvalue weighted by atomic mass is 35.5. The molecule has 1 aliphatic heterocycles. The molecule has 1 aliphatic rings. The number of amides is 1. The number of aliphatic hydroxyl groups excluding tert-OH is 1. The number of hydrogen-bond donors (Lipinski definition) is 1. The maximum Gasteiger partial charge on any atom is 0.328 e. The lowest BCUT2D eigenvalue weighted by Crippen LogP contribution is -2.41. The zero-order chi connectivity index (χ0) is 31.5. The van der Waals surface area contributed by atoms with Gasteiger partial charge in [-0.15, -0.1) is 0 Å². The standard InChI is InChI=1S/C33H31ClFN5O5/c1-44-33(43)31-16-25(19-39(31)32(42)22-17-36-40(18-22)30-11-10-23(35)15-28(30)34)45-24-7-4-6-21(14-24)26-8-5-9-29-27(26)20-38(37-29)12-2-3-13-41/h4-11,14-15,17-18,20,25,31,41H,2-3,12-13,16,19H2,1H3/t25-,31-/m0/s1. The van der Waals surface area contributed by atoms with E-state index in [1.165, 1.54) is 47.3 Å². The van der Waals surface area contributed by atoms with Crippen LogP contribution in [0.3, 0.4) is 0 Å². The maximum absolute atomic E-state index is 13.6. The van der Waals surface area contributed by atoms with E-state index < -0.39 is 29.8 Å². The monoisotopic (exact) mass is 631 g/mol. The van der Waals surface area contributed by atoms with Crippen molar-refractivity contribution in [3.8, 4) is 22.6 Å². The molecule has 0 radical (unpaired) electrons. The lowest BCUT2D eigenvalue weighted by Gasteiger charge is -2.21. The van der Waals surface area contributed by atoms with E-state index in [1.807, 2.05) is 53.3 Å². The summed E-state index contributed by atoms with van der Waals surface area (Å²) in [7, 11) is 1.28. The van der Waals surface area contributed by atoms with Gasteiger partial charge < -0.3 is 19.5 Å². The van der Waals surface area contributed by atoms with Crippen molar-refractivity contribution in [2.45, 2.75) is 38.0 Å². The fourth-order valence-electron chi connectivity index (χ4n) is 5.64. The highest BCUT2D eigenvalue weighted by Crippen LogP contribution is 2.32. The Morgan fingerprint density at radius 2 is 1.93 bits per heavy atom. The molecule has 0 spiro atoms. The van der Waals surface area contributed by atoms with Gasteiger partial charge in [0.25, 0.3) is 5.91 Å². The lowest BCUT2D eigenvalue weighted by molar-refractivity contribution is -0.145. The van der Waals surface area contributed by atoms with Gasteiger partial charge in [0.05, 0.1) is 41.6 Å². The second kappa shape index (κ2) is 13.1. The highest BCUT2D eigenvalue weighted by Gasteiger charge is 2.42. The molecule has 3 heterocycles. The number of likely N-dealkylation sites (tertiary alicyclic amines) is 1. The van der Waals surface area contributed by atoms with Gasteiger partial charge in [0.1, 0.15) is 23.7 Å². The predicted molar refractivity (Wildman–Crippen MR) is 166 cm³/mol. The second-order valence-electron chi connectivity index (χ2n) is 10.8. The van der Waals surface area contributed by atoms with Crippen LogP contribution in [-0.2, 0) is 16.1 Å². The predicted octanol–water partition coefficient (Wildman–Crippen LogP) is 5.29. The smallest absolute Gasteiger partial charge is 0.328 e. The number of carbonyl (C=O) groups excluding carboxylic acids is 2. The molecule has 2 aromatic heterocycles. The summed E-state index contributed by atoms with van der Waals surface area (Å²) in [6, 6.07) is 16.7. The van der Waals surface area contributed by atoms with Crippen LogP contribution in [0.5, 0.6) is 5.75 Å². The molecular formula is C33H31ClFN5O5. The third-order valence-corrected chi connectivity index (χ3v) is 8.13. The minimum Gasteiger partial charge on any atom is -0.488 e. The first-order valence-electron chi connectivity index (χ1n) is 14.6. The van der Waals surface area contributed by atoms with Gasteiger partial charge in [0.2, 0.25) is 0 Å². The van der Waals surface area contributed by atoms with Crippen LogP contribution in [0.15, 0.2) is 79.3 Å². The van der Waals surface area contributed by atoms with Gasteiger partial charge >= 0.3 is 5.97 Å². The van der Waals surface area contributed by atoms with E-state index in [-0.39, 0.29) is 30.2 Å². The van der Waals surface area contributed by atoms with Gasteiger partial charge in [-0.1, -0.05) is 35.9 Å². The third-order valence-electron chi connectivity index (χ3n) is 7.82. The van der Waals surface area contributed by atoms with Crippen molar-refractivity contribution in [2.24, 2.45) is 0 Å². The summed E-state index contributed by atoms with van der Waals surface area (Å²) in [5.74, 6) is -0.848. The van der Waals surface area contributed by atoms with Gasteiger partial charge in [-0.2, -0.15) is 10.2 Å². The highest BCUT2D eigenvalue weighted by molar-refractivity contribution is 6.32. The first-order chi connectivity index (χ1) is 21.8. The van der Waals surface area contributed by atoms with Crippen LogP contribution in [0.4, 0.5) is 4.39 Å². The number of esters is 1. The number of nitrogens with zero attached hydrogens (tertiary/aromatic N) is 5. The molecule has 12 heteroatoms. The van der Waals surface area contributed by atoms with Crippen molar-refractivity contribution >= 4 is 34.4 Å². The van der Waals surface area contributed by atoms with E-state index in [1.54, 1.807) is 0 Å². The quantitative estimate of drug-likeness (QED) is 0.165. The van der Waals surface area contributed by atoms with Gasteiger partial charge in [0, 0.05) is 37.4 Å². The van der Waals surface area contributed by atoms with Crippen LogP contribution >= 0.6 is 11.6 Å². The molecule has 3 aromatic carbocycles. The molecule has 10 nitrogen and oxygen atoms in total. The Bertz CT molecular complexity index is 1860. The Balaban J connectivity index is 1.20. The number of methoxy groups -OCH3 is 1. The number of benzene rings is 3. The van der Waals surface area contributed by atoms with Gasteiger partial charge in [-0.25, -0.2) is 13.9 Å². The van der Waals surface area contributed by atoms with Crippen molar-refractivity contribution in [1.29, 1.82) is 0 Å². The Morgan fingerprint density at radius 1 is 1.09 bits per heavy atom. The minimum atomic E-state index is -0.848. The molecule has 0 aliphatic carbocycles. The van der Waals surface area contributed by atoms with Crippen molar-refractivity contribution in [3.05, 3.63) is 95.7 Å². The van der Waals surface area contributed by atoms with Crippen molar-refractivity contribution in [1.82, 2.24) is 24.5 Å². The number of aryl methyl sites for hydroxylation is 1. The molecule has 1 fully saturated rings. The molecule has 45 heavy (non-hydrogen) atoms. The molecule has 232 valence electrons. The summed E-state index contributed by atoms with van der Waals surface area (Å²) in [4.78, 5) is 27.8. The van der Waals surface area contributed by atoms with E-state index in [0.29, 0.717) is 11.4 Å². The maximum atomic E-state index is 13.6. The van der Waals surface area contributed by atoms with Crippen LogP contribution < -0.4 is 4.74 Å². The van der Waals surface area contributed by atoms with Crippen molar-refractivity contribution < 1.29 is 28.6 Å². The normalized spacial score (nSPS) is 16.3. The molecule has 0 bridgehead atoms. The van der Waals surface area contributed by atoms with E-state index >= 15 is 0 Å². The number of aliphatic hydroxyl groups is 1. The van der Waals surface area contributed by atoms with E-state index in [0.717, 1.165) is 41.4 Å². The lowest BCUT2D eigenvalue weighted by atomic mass is 10.0. The van der Waals surface area contributed by atoms with E-state index in [9.17, 15) is 14.0 Å². The Labute approximate surface area is 263 Å². The molecule has 0 unspecified atom stereocenters. The first-order valence-corrected chi connectivity index (χ1v) is 15.0. The third kappa shape index (κ3) is 6.40. The number of rotatable bonds is 10. The fourth-order valence-corrected chi connectivity index (χ4v) is 5.89. The zero-order valence-corrected chi connectivity index (χ0v) is 25.2. The Hall–Kier alpha value is -4.74. The zero-order valence-electron chi connectivity index (χ0n) is 24.5. The van der Waals surface area contributed by atoms with E-state index in [4.69, 9.17) is 26.2 Å². The number of unbranched alkanes of at least 4 members (excludes halogenated alkanes) is 1. The second-order valence-corrected chi connectivity index (χ2v) is 11.2. The summed E-state index contributed by atoms with van der Waals surface area (Å²) >= 11 is 6.18. The number of hydrogen-bond acceptors (Lipinski definition) is 7. The minimum absolute atomic E-state index is 0.143. The van der Waals surface area contributed by atoms with Gasteiger partial charge in [0.15, 0.2) is 0 Å². The summed E-state index contributed by atoms with van der Waals surface area (Å²) < 4.78 is 28.2. The largest absolute Gasteiger partial charge is 0.488 e. The van der Waals surface area contributed by atoms with Crippen LogP contribution in [0, 0.1) is 5.82 Å². The SMILES string of the molecule is COC(=O)[C@@H]1C[C@H](Oc2cccc(-c3cccc4nn(CCCCO)cc34)c2)CN1C(=O)c1cnn(-c2ccc(F)cc2Cl)c1. The number of aromatic nitrogens is 4. The fraction of sp³-hybridized carbons (Fsp3) is 0.273. The first kappa shape index (κ1) is 30.3. The molecule has 2 atom stereocenters. The number of carbonyl (C=O) groups is 2. The molecule has 1 saturated heterocycles. The molecule has 1 N–H and O–H groups in total. The molecule has 5 aromatic rings. The molecular weight excluding hydrogens is 601 g/mol. The average molecular weight is 632 g/mol. The molecule has 6 rings (SSSR count). The molecule has 0 saturated carbocycles. The van der Waals surface area contributed by atoms with Crippen LogP contribution in [0.1, 0.15) is 29.6 Å².